The highest BCUT2D eigenvalue weighted by atomic mass is 19.1. The molecule has 0 amide bonds. The quantitative estimate of drug-likeness (QED) is 0.688. The second kappa shape index (κ2) is 8.26. The maximum Gasteiger partial charge on any atom is 0.131 e. The van der Waals surface area contributed by atoms with Crippen molar-refractivity contribution in [3.8, 4) is 0 Å². The molecule has 1 aliphatic heterocycles. The highest BCUT2D eigenvalue weighted by molar-refractivity contribution is 5.76. The van der Waals surface area contributed by atoms with Crippen LogP contribution in [0, 0.1) is 0 Å². The summed E-state index contributed by atoms with van der Waals surface area (Å²) in [5.41, 5.74) is 11.2. The lowest BCUT2D eigenvalue weighted by Crippen LogP contribution is -2.48. The molecular weight excluding hydrogens is 315 g/mol. The van der Waals surface area contributed by atoms with Gasteiger partial charge in [-0.25, -0.2) is 14.4 Å². The van der Waals surface area contributed by atoms with Gasteiger partial charge in [0.25, 0.3) is 0 Å². The molecule has 1 saturated heterocycles. The van der Waals surface area contributed by atoms with Crippen molar-refractivity contribution >= 4 is 11.4 Å². The fourth-order valence-electron chi connectivity index (χ4n) is 3.83. The first-order valence-corrected chi connectivity index (χ1v) is 9.79. The van der Waals surface area contributed by atoms with Crippen LogP contribution in [0.1, 0.15) is 69.5 Å². The predicted molar refractivity (Wildman–Crippen MR) is 101 cm³/mol. The van der Waals surface area contributed by atoms with E-state index in [1.807, 2.05) is 0 Å². The summed E-state index contributed by atoms with van der Waals surface area (Å²) < 4.78 is 12.8. The fourth-order valence-corrected chi connectivity index (χ4v) is 3.83. The SMILES string of the molecule is CCCCc1nc(N)c2c(n1)C(CCCCCN1CC(F)C1)=C(C)C2. The summed E-state index contributed by atoms with van der Waals surface area (Å²) in [5, 5.41) is 0. The standard InChI is InChI=1S/C20H31FN4/c1-3-4-9-18-23-19-16(14(2)11-17(19)20(22)24-18)8-6-5-7-10-25-12-15(21)13-25/h15H,3-13H2,1-2H3,(H2,22,23,24). The number of alkyl halides is 1. The van der Waals surface area contributed by atoms with Gasteiger partial charge in [-0.05, 0) is 51.1 Å². The van der Waals surface area contributed by atoms with Crippen LogP contribution < -0.4 is 5.73 Å². The molecule has 0 aromatic carbocycles. The predicted octanol–water partition coefficient (Wildman–Crippen LogP) is 3.95. The molecule has 0 saturated carbocycles. The van der Waals surface area contributed by atoms with Crippen molar-refractivity contribution in [3.63, 3.8) is 0 Å². The zero-order valence-corrected chi connectivity index (χ0v) is 15.7. The van der Waals surface area contributed by atoms with Crippen molar-refractivity contribution in [2.45, 2.75) is 71.4 Å². The van der Waals surface area contributed by atoms with E-state index >= 15 is 0 Å². The maximum atomic E-state index is 12.8. The number of hydrogen-bond donors (Lipinski definition) is 1. The van der Waals surface area contributed by atoms with Gasteiger partial charge in [0, 0.05) is 25.1 Å². The minimum absolute atomic E-state index is 0.588. The molecule has 1 aromatic rings. The van der Waals surface area contributed by atoms with Crippen molar-refractivity contribution in [1.29, 1.82) is 0 Å². The summed E-state index contributed by atoms with van der Waals surface area (Å²) in [6.07, 6.45) is 8.02. The van der Waals surface area contributed by atoms with Crippen molar-refractivity contribution in [1.82, 2.24) is 14.9 Å². The van der Waals surface area contributed by atoms with Gasteiger partial charge in [0.2, 0.25) is 0 Å². The Labute approximate surface area is 150 Å². The number of aryl methyl sites for hydroxylation is 1. The third-order valence-electron chi connectivity index (χ3n) is 5.40. The van der Waals surface area contributed by atoms with Gasteiger partial charge in [-0.2, -0.15) is 0 Å². The van der Waals surface area contributed by atoms with Gasteiger partial charge in [0.15, 0.2) is 0 Å². The third kappa shape index (κ3) is 4.38. The number of rotatable bonds is 9. The van der Waals surface area contributed by atoms with E-state index in [0.29, 0.717) is 18.9 Å². The van der Waals surface area contributed by atoms with Crippen molar-refractivity contribution < 1.29 is 4.39 Å². The van der Waals surface area contributed by atoms with Gasteiger partial charge in [-0.3, -0.25) is 4.90 Å². The molecule has 1 aromatic heterocycles. The highest BCUT2D eigenvalue weighted by Gasteiger charge is 2.26. The van der Waals surface area contributed by atoms with Crippen LogP contribution in [-0.2, 0) is 12.8 Å². The number of fused-ring (bicyclic) bond motifs is 1. The average Bonchev–Trinajstić information content (AvgIpc) is 2.87. The Balaban J connectivity index is 1.54. The van der Waals surface area contributed by atoms with E-state index in [1.54, 1.807) is 0 Å². The summed E-state index contributed by atoms with van der Waals surface area (Å²) in [4.78, 5) is 11.6. The number of likely N-dealkylation sites (tertiary alicyclic amines) is 1. The minimum atomic E-state index is -0.588. The molecule has 25 heavy (non-hydrogen) atoms. The summed E-state index contributed by atoms with van der Waals surface area (Å²) in [5.74, 6) is 1.56. The van der Waals surface area contributed by atoms with Gasteiger partial charge in [0.1, 0.15) is 17.8 Å². The third-order valence-corrected chi connectivity index (χ3v) is 5.40. The van der Waals surface area contributed by atoms with Crippen LogP contribution >= 0.6 is 0 Å². The Morgan fingerprint density at radius 1 is 1.12 bits per heavy atom. The van der Waals surface area contributed by atoms with E-state index < -0.39 is 6.17 Å². The summed E-state index contributed by atoms with van der Waals surface area (Å²) in [7, 11) is 0. The van der Waals surface area contributed by atoms with Crippen molar-refractivity contribution in [2.24, 2.45) is 0 Å². The lowest BCUT2D eigenvalue weighted by molar-refractivity contribution is 0.0643. The van der Waals surface area contributed by atoms with Crippen molar-refractivity contribution in [3.05, 3.63) is 22.7 Å². The smallest absolute Gasteiger partial charge is 0.131 e. The first-order chi connectivity index (χ1) is 12.1. The number of anilines is 1. The molecule has 1 fully saturated rings. The summed E-state index contributed by atoms with van der Waals surface area (Å²) >= 11 is 0. The van der Waals surface area contributed by atoms with E-state index in [-0.39, 0.29) is 0 Å². The van der Waals surface area contributed by atoms with Gasteiger partial charge in [-0.1, -0.05) is 25.3 Å². The molecule has 5 heteroatoms. The largest absolute Gasteiger partial charge is 0.383 e. The van der Waals surface area contributed by atoms with Crippen LogP contribution in [0.15, 0.2) is 5.57 Å². The number of hydrogen-bond acceptors (Lipinski definition) is 4. The molecule has 0 bridgehead atoms. The molecule has 2 heterocycles. The lowest BCUT2D eigenvalue weighted by atomic mass is 10.0. The van der Waals surface area contributed by atoms with E-state index in [0.717, 1.165) is 68.6 Å². The van der Waals surface area contributed by atoms with E-state index in [9.17, 15) is 4.39 Å². The highest BCUT2D eigenvalue weighted by Crippen LogP contribution is 2.37. The Kier molecular flexibility index (Phi) is 6.05. The van der Waals surface area contributed by atoms with E-state index in [1.165, 1.54) is 17.6 Å². The van der Waals surface area contributed by atoms with Gasteiger partial charge in [0.05, 0.1) is 5.69 Å². The molecule has 0 spiro atoms. The lowest BCUT2D eigenvalue weighted by Gasteiger charge is -2.34. The second-order valence-electron chi connectivity index (χ2n) is 7.56. The van der Waals surface area contributed by atoms with Gasteiger partial charge in [-0.15, -0.1) is 0 Å². The van der Waals surface area contributed by atoms with Crippen LogP contribution in [0.25, 0.3) is 5.57 Å². The number of unbranched alkanes of at least 4 members (excludes halogenated alkanes) is 3. The van der Waals surface area contributed by atoms with Crippen molar-refractivity contribution in [2.75, 3.05) is 25.4 Å². The monoisotopic (exact) mass is 346 g/mol. The number of nitrogen functional groups attached to an aromatic ring is 1. The van der Waals surface area contributed by atoms with Crippen LogP contribution in [-0.4, -0.2) is 40.7 Å². The molecule has 4 nitrogen and oxygen atoms in total. The van der Waals surface area contributed by atoms with Gasteiger partial charge >= 0.3 is 0 Å². The first-order valence-electron chi connectivity index (χ1n) is 9.79. The summed E-state index contributed by atoms with van der Waals surface area (Å²) in [6.45, 7) is 6.68. The summed E-state index contributed by atoms with van der Waals surface area (Å²) in [6, 6.07) is 0. The van der Waals surface area contributed by atoms with Crippen LogP contribution in [0.3, 0.4) is 0 Å². The number of halogens is 1. The molecule has 2 aliphatic rings. The Morgan fingerprint density at radius 3 is 2.64 bits per heavy atom. The average molecular weight is 346 g/mol. The van der Waals surface area contributed by atoms with Crippen LogP contribution in [0.4, 0.5) is 10.2 Å². The zero-order chi connectivity index (χ0) is 17.8. The number of allylic oxidation sites excluding steroid dienone is 2. The molecule has 2 N–H and O–H groups in total. The van der Waals surface area contributed by atoms with Crippen LogP contribution in [0.2, 0.25) is 0 Å². The normalized spacial score (nSPS) is 17.9. The molecule has 3 rings (SSSR count). The second-order valence-corrected chi connectivity index (χ2v) is 7.56. The number of nitrogens with zero attached hydrogens (tertiary/aromatic N) is 3. The molecular formula is C20H31FN4. The molecule has 1 aliphatic carbocycles. The van der Waals surface area contributed by atoms with E-state index in [4.69, 9.17) is 10.7 Å². The minimum Gasteiger partial charge on any atom is -0.383 e. The van der Waals surface area contributed by atoms with Gasteiger partial charge < -0.3 is 5.73 Å². The number of nitrogens with two attached hydrogens (primary N) is 1. The molecule has 0 unspecified atom stereocenters. The van der Waals surface area contributed by atoms with Crippen LogP contribution in [0.5, 0.6) is 0 Å². The molecule has 0 radical (unpaired) electrons. The maximum absolute atomic E-state index is 12.8. The molecule has 138 valence electrons. The Hall–Kier alpha value is -1.49. The van der Waals surface area contributed by atoms with E-state index in [2.05, 4.69) is 23.7 Å². The number of aromatic nitrogens is 2. The zero-order valence-electron chi connectivity index (χ0n) is 15.7. The first kappa shape index (κ1) is 18.3. The molecule has 0 atom stereocenters. The Bertz CT molecular complexity index is 635. The Morgan fingerprint density at radius 2 is 1.92 bits per heavy atom. The topological polar surface area (TPSA) is 55.0 Å². The fraction of sp³-hybridized carbons (Fsp3) is 0.700.